The van der Waals surface area contributed by atoms with Gasteiger partial charge < -0.3 is 5.32 Å². The molecule has 1 aromatic heterocycles. The molecule has 6 heteroatoms. The highest BCUT2D eigenvalue weighted by molar-refractivity contribution is 7.91. The van der Waals surface area contributed by atoms with Gasteiger partial charge in [-0.2, -0.15) is 11.3 Å². The van der Waals surface area contributed by atoms with E-state index < -0.39 is 9.84 Å². The summed E-state index contributed by atoms with van der Waals surface area (Å²) in [4.78, 5) is 11.6. The lowest BCUT2D eigenvalue weighted by molar-refractivity contribution is -0.120. The lowest BCUT2D eigenvalue weighted by atomic mass is 10.1. The molecule has 1 aliphatic rings. The minimum atomic E-state index is -2.84. The zero-order valence-corrected chi connectivity index (χ0v) is 11.0. The smallest absolute Gasteiger partial charge is 0.224 e. The Kier molecular flexibility index (Phi) is 3.83. The summed E-state index contributed by atoms with van der Waals surface area (Å²) in [5.41, 5.74) is 1.01. The molecule has 1 N–H and O–H groups in total. The number of rotatable bonds is 4. The molecule has 17 heavy (non-hydrogen) atoms. The van der Waals surface area contributed by atoms with E-state index in [0.29, 0.717) is 19.4 Å². The first-order chi connectivity index (χ1) is 8.05. The van der Waals surface area contributed by atoms with Gasteiger partial charge >= 0.3 is 0 Å². The van der Waals surface area contributed by atoms with E-state index in [-0.39, 0.29) is 23.3 Å². The second-order valence-electron chi connectivity index (χ2n) is 4.38. The Labute approximate surface area is 105 Å². The molecule has 1 fully saturated rings. The molecule has 0 spiro atoms. The fraction of sp³-hybridized carbons (Fsp3) is 0.545. The van der Waals surface area contributed by atoms with Gasteiger partial charge in [0.1, 0.15) is 0 Å². The number of carbonyl (C=O) groups is 1. The van der Waals surface area contributed by atoms with Crippen LogP contribution in [0.3, 0.4) is 0 Å². The van der Waals surface area contributed by atoms with Crippen molar-refractivity contribution in [2.24, 2.45) is 5.92 Å². The molecule has 0 unspecified atom stereocenters. The maximum absolute atomic E-state index is 11.6. The quantitative estimate of drug-likeness (QED) is 0.884. The number of nitrogens with one attached hydrogen (secondary N) is 1. The van der Waals surface area contributed by atoms with Gasteiger partial charge in [-0.25, -0.2) is 8.42 Å². The number of thiophene rings is 1. The van der Waals surface area contributed by atoms with Crippen LogP contribution in [0, 0.1) is 5.92 Å². The van der Waals surface area contributed by atoms with Crippen molar-refractivity contribution in [1.82, 2.24) is 5.32 Å². The third-order valence-corrected chi connectivity index (χ3v) is 5.43. The van der Waals surface area contributed by atoms with E-state index >= 15 is 0 Å². The highest BCUT2D eigenvalue weighted by atomic mass is 32.2. The van der Waals surface area contributed by atoms with Crippen molar-refractivity contribution < 1.29 is 13.2 Å². The van der Waals surface area contributed by atoms with Gasteiger partial charge in [0.2, 0.25) is 5.91 Å². The topological polar surface area (TPSA) is 63.2 Å². The molecule has 4 nitrogen and oxygen atoms in total. The molecule has 0 bridgehead atoms. The first kappa shape index (κ1) is 12.6. The van der Waals surface area contributed by atoms with Gasteiger partial charge in [-0.15, -0.1) is 0 Å². The lowest BCUT2D eigenvalue weighted by Gasteiger charge is -2.08. The first-order valence-corrected chi connectivity index (χ1v) is 8.30. The number of hydrogen-bond acceptors (Lipinski definition) is 4. The van der Waals surface area contributed by atoms with Crippen molar-refractivity contribution in [2.75, 3.05) is 18.1 Å². The number of amides is 1. The SMILES string of the molecule is O=C(Cc1ccsc1)NC[C@@H]1CCS(=O)(=O)C1. The molecule has 0 saturated carbocycles. The molecule has 1 amide bonds. The molecule has 0 aromatic carbocycles. The van der Waals surface area contributed by atoms with Gasteiger partial charge in [-0.05, 0) is 34.7 Å². The summed E-state index contributed by atoms with van der Waals surface area (Å²) in [5.74, 6) is 0.531. The molecular weight excluding hydrogens is 258 g/mol. The van der Waals surface area contributed by atoms with E-state index in [1.165, 1.54) is 0 Å². The van der Waals surface area contributed by atoms with Gasteiger partial charge in [0.25, 0.3) is 0 Å². The zero-order valence-electron chi connectivity index (χ0n) is 9.39. The maximum atomic E-state index is 11.6. The Morgan fingerprint density at radius 1 is 1.53 bits per heavy atom. The van der Waals surface area contributed by atoms with Crippen LogP contribution in [-0.2, 0) is 21.1 Å². The van der Waals surface area contributed by atoms with Crippen LogP contribution in [0.25, 0.3) is 0 Å². The van der Waals surface area contributed by atoms with Gasteiger partial charge in [0, 0.05) is 6.54 Å². The second-order valence-corrected chi connectivity index (χ2v) is 7.39. The predicted molar refractivity (Wildman–Crippen MR) is 67.8 cm³/mol. The minimum Gasteiger partial charge on any atom is -0.356 e. The maximum Gasteiger partial charge on any atom is 0.224 e. The molecule has 94 valence electrons. The zero-order chi connectivity index (χ0) is 12.3. The Morgan fingerprint density at radius 3 is 2.94 bits per heavy atom. The number of carbonyl (C=O) groups excluding carboxylic acids is 1. The second kappa shape index (κ2) is 5.18. The van der Waals surface area contributed by atoms with Crippen molar-refractivity contribution >= 4 is 27.1 Å². The first-order valence-electron chi connectivity index (χ1n) is 5.53. The van der Waals surface area contributed by atoms with E-state index in [1.807, 2.05) is 16.8 Å². The normalized spacial score (nSPS) is 22.5. The van der Waals surface area contributed by atoms with Crippen LogP contribution in [0.2, 0.25) is 0 Å². The van der Waals surface area contributed by atoms with Crippen LogP contribution in [-0.4, -0.2) is 32.4 Å². The summed E-state index contributed by atoms with van der Waals surface area (Å²) in [6.07, 6.45) is 1.05. The summed E-state index contributed by atoms with van der Waals surface area (Å²) in [6.45, 7) is 0.474. The van der Waals surface area contributed by atoms with Crippen LogP contribution in [0.15, 0.2) is 16.8 Å². The molecule has 2 heterocycles. The van der Waals surface area contributed by atoms with Gasteiger partial charge in [0.15, 0.2) is 9.84 Å². The Bertz CT molecular complexity index is 479. The Hall–Kier alpha value is -0.880. The van der Waals surface area contributed by atoms with E-state index in [1.54, 1.807) is 11.3 Å². The number of sulfone groups is 1. The lowest BCUT2D eigenvalue weighted by Crippen LogP contribution is -2.30. The third-order valence-electron chi connectivity index (χ3n) is 2.86. The van der Waals surface area contributed by atoms with Gasteiger partial charge in [-0.3, -0.25) is 4.79 Å². The highest BCUT2D eigenvalue weighted by Gasteiger charge is 2.27. The highest BCUT2D eigenvalue weighted by Crippen LogP contribution is 2.17. The molecule has 1 atom stereocenters. The predicted octanol–water partition coefficient (Wildman–Crippen LogP) is 0.842. The van der Waals surface area contributed by atoms with Crippen LogP contribution in [0.1, 0.15) is 12.0 Å². The molecule has 0 radical (unpaired) electrons. The van der Waals surface area contributed by atoms with Crippen molar-refractivity contribution in [3.63, 3.8) is 0 Å². The summed E-state index contributed by atoms with van der Waals surface area (Å²) < 4.78 is 22.5. The van der Waals surface area contributed by atoms with Gasteiger partial charge in [-0.1, -0.05) is 0 Å². The monoisotopic (exact) mass is 273 g/mol. The van der Waals surface area contributed by atoms with Crippen LogP contribution in [0.5, 0.6) is 0 Å². The Balaban J connectivity index is 1.74. The Morgan fingerprint density at radius 2 is 2.35 bits per heavy atom. The van der Waals surface area contributed by atoms with Crippen molar-refractivity contribution in [3.05, 3.63) is 22.4 Å². The largest absolute Gasteiger partial charge is 0.356 e. The van der Waals surface area contributed by atoms with Crippen LogP contribution < -0.4 is 5.32 Å². The van der Waals surface area contributed by atoms with Gasteiger partial charge in [0.05, 0.1) is 17.9 Å². The number of hydrogen-bond donors (Lipinski definition) is 1. The molecule has 2 rings (SSSR count). The minimum absolute atomic E-state index is 0.0345. The molecule has 0 aliphatic carbocycles. The van der Waals surface area contributed by atoms with Crippen molar-refractivity contribution in [1.29, 1.82) is 0 Å². The van der Waals surface area contributed by atoms with E-state index in [2.05, 4.69) is 5.32 Å². The molecule has 1 aromatic rings. The third kappa shape index (κ3) is 3.81. The fourth-order valence-electron chi connectivity index (χ4n) is 1.93. The molecule has 1 saturated heterocycles. The van der Waals surface area contributed by atoms with E-state index in [4.69, 9.17) is 0 Å². The summed E-state index contributed by atoms with van der Waals surface area (Å²) in [7, 11) is -2.84. The summed E-state index contributed by atoms with van der Waals surface area (Å²) in [5, 5.41) is 6.68. The van der Waals surface area contributed by atoms with E-state index in [0.717, 1.165) is 5.56 Å². The average Bonchev–Trinajstić information content (AvgIpc) is 2.85. The standard InChI is InChI=1S/C11H15NO3S2/c13-11(5-9-1-3-16-7-9)12-6-10-2-4-17(14,15)8-10/h1,3,7,10H,2,4-6,8H2,(H,12,13)/t10-/m0/s1. The summed E-state index contributed by atoms with van der Waals surface area (Å²) in [6, 6.07) is 1.92. The molecular formula is C11H15NO3S2. The van der Waals surface area contributed by atoms with Crippen LogP contribution in [0.4, 0.5) is 0 Å². The average molecular weight is 273 g/mol. The summed E-state index contributed by atoms with van der Waals surface area (Å²) >= 11 is 1.57. The van der Waals surface area contributed by atoms with E-state index in [9.17, 15) is 13.2 Å². The van der Waals surface area contributed by atoms with Crippen LogP contribution >= 0.6 is 11.3 Å². The van der Waals surface area contributed by atoms with Crippen molar-refractivity contribution in [2.45, 2.75) is 12.8 Å². The van der Waals surface area contributed by atoms with Crippen molar-refractivity contribution in [3.8, 4) is 0 Å². The molecule has 1 aliphatic heterocycles. The fourth-order valence-corrected chi connectivity index (χ4v) is 4.46.